The Morgan fingerprint density at radius 2 is 1.87 bits per heavy atom. The average molecular weight is 408 g/mol. The monoisotopic (exact) mass is 408 g/mol. The summed E-state index contributed by atoms with van der Waals surface area (Å²) in [6.07, 6.45) is 11.0. The highest BCUT2D eigenvalue weighted by Gasteiger charge is 2.55. The maximum Gasteiger partial charge on any atom is 0.417 e. The summed E-state index contributed by atoms with van der Waals surface area (Å²) in [7, 11) is 0. The topological polar surface area (TPSA) is 84.3 Å². The number of aromatic nitrogens is 1. The van der Waals surface area contributed by atoms with E-state index < -0.39 is 5.76 Å². The fraction of sp³-hybridized carbons (Fsp3) is 0.417. The number of carbonyl (C=O) groups is 1. The van der Waals surface area contributed by atoms with Crippen LogP contribution in [-0.4, -0.2) is 22.1 Å². The minimum Gasteiger partial charge on any atom is -0.408 e. The molecule has 2 N–H and O–H groups in total. The van der Waals surface area contributed by atoms with Gasteiger partial charge in [-0.05, 0) is 58.1 Å². The Kier molecular flexibility index (Phi) is 5.28. The Labute approximate surface area is 175 Å². The maximum atomic E-state index is 12.7. The predicted molar refractivity (Wildman–Crippen MR) is 117 cm³/mol. The number of hydrogen-bond donors (Lipinski definition) is 2. The van der Waals surface area contributed by atoms with Crippen molar-refractivity contribution in [1.82, 2.24) is 4.98 Å². The molecular formula is C24H28N2O4. The van der Waals surface area contributed by atoms with E-state index in [4.69, 9.17) is 9.15 Å². The van der Waals surface area contributed by atoms with Gasteiger partial charge in [0, 0.05) is 11.8 Å². The molecule has 0 spiro atoms. The minimum absolute atomic E-state index is 0.0817. The Bertz CT molecular complexity index is 1090. The first kappa shape index (κ1) is 20.4. The highest BCUT2D eigenvalue weighted by atomic mass is 16.5. The van der Waals surface area contributed by atoms with Gasteiger partial charge in [-0.2, -0.15) is 0 Å². The summed E-state index contributed by atoms with van der Waals surface area (Å²) in [6, 6.07) is 5.13. The number of nitrogens with one attached hydrogen (secondary N) is 2. The standard InChI is InChI=1S/C24H28N2O4/c1-4-16(2)5-6-17(3)14-23-9-11-24(30-23,12-10-23)15-21(27)25-18-7-8-19-20(13-18)29-22(28)26-19/h4-8,13H,1,9-12,14-15H2,2-3H3,(H,25,27)(H,26,28)/b16-5-,17-6+. The molecule has 2 aliphatic rings. The van der Waals surface area contributed by atoms with Crippen molar-refractivity contribution in [3.8, 4) is 0 Å². The van der Waals surface area contributed by atoms with Crippen LogP contribution in [0.2, 0.25) is 0 Å². The number of amides is 1. The summed E-state index contributed by atoms with van der Waals surface area (Å²) >= 11 is 0. The second kappa shape index (κ2) is 7.76. The van der Waals surface area contributed by atoms with Crippen molar-refractivity contribution in [3.63, 3.8) is 0 Å². The molecule has 6 heteroatoms. The molecule has 30 heavy (non-hydrogen) atoms. The van der Waals surface area contributed by atoms with E-state index in [9.17, 15) is 9.59 Å². The van der Waals surface area contributed by atoms with E-state index in [-0.39, 0.29) is 17.1 Å². The lowest BCUT2D eigenvalue weighted by molar-refractivity contribution is -0.123. The molecular weight excluding hydrogens is 380 g/mol. The van der Waals surface area contributed by atoms with Gasteiger partial charge in [0.05, 0.1) is 23.1 Å². The summed E-state index contributed by atoms with van der Waals surface area (Å²) in [5.41, 5.74) is 3.53. The number of carbonyl (C=O) groups excluding carboxylic acids is 1. The van der Waals surface area contributed by atoms with Gasteiger partial charge in [0.25, 0.3) is 0 Å². The van der Waals surface area contributed by atoms with E-state index in [2.05, 4.69) is 36.0 Å². The number of oxazole rings is 1. The number of fused-ring (bicyclic) bond motifs is 3. The normalized spacial score (nSPS) is 26.3. The van der Waals surface area contributed by atoms with E-state index in [0.29, 0.717) is 23.2 Å². The summed E-state index contributed by atoms with van der Waals surface area (Å²) < 4.78 is 11.6. The minimum atomic E-state index is -0.506. The molecule has 0 unspecified atom stereocenters. The maximum absolute atomic E-state index is 12.7. The van der Waals surface area contributed by atoms with Crippen molar-refractivity contribution in [2.45, 2.75) is 63.6 Å². The van der Waals surface area contributed by atoms with Crippen LogP contribution in [0.4, 0.5) is 5.69 Å². The van der Waals surface area contributed by atoms with Gasteiger partial charge < -0.3 is 14.5 Å². The number of H-pyrrole nitrogens is 1. The number of allylic oxidation sites excluding steroid dienone is 4. The van der Waals surface area contributed by atoms with Crippen LogP contribution in [0.25, 0.3) is 11.1 Å². The molecule has 4 rings (SSSR count). The molecule has 2 aliphatic heterocycles. The molecule has 0 radical (unpaired) electrons. The van der Waals surface area contributed by atoms with E-state index >= 15 is 0 Å². The Balaban J connectivity index is 1.38. The van der Waals surface area contributed by atoms with Crippen molar-refractivity contribution >= 4 is 22.7 Å². The molecule has 6 nitrogen and oxygen atoms in total. The Morgan fingerprint density at radius 1 is 1.17 bits per heavy atom. The Morgan fingerprint density at radius 3 is 2.57 bits per heavy atom. The lowest BCUT2D eigenvalue weighted by Crippen LogP contribution is -2.31. The molecule has 0 saturated carbocycles. The van der Waals surface area contributed by atoms with Crippen LogP contribution >= 0.6 is 0 Å². The number of rotatable bonds is 7. The number of benzene rings is 1. The van der Waals surface area contributed by atoms with Crippen LogP contribution in [-0.2, 0) is 9.53 Å². The average Bonchev–Trinajstić information content (AvgIpc) is 3.35. The van der Waals surface area contributed by atoms with Crippen LogP contribution in [0.1, 0.15) is 52.4 Å². The second-order valence-electron chi connectivity index (χ2n) is 8.72. The summed E-state index contributed by atoms with van der Waals surface area (Å²) in [6.45, 7) is 7.94. The SMILES string of the molecule is C=C/C(C)=C\C=C(/C)CC12CCC(CC(=O)Nc3ccc4[nH]c(=O)oc4c3)(CC1)O2. The molecule has 158 valence electrons. The van der Waals surface area contributed by atoms with Crippen molar-refractivity contribution in [3.05, 3.63) is 64.7 Å². The quantitative estimate of drug-likeness (QED) is 0.632. The first-order valence-corrected chi connectivity index (χ1v) is 10.4. The molecule has 0 atom stereocenters. The predicted octanol–water partition coefficient (Wildman–Crippen LogP) is 5.00. The zero-order chi connectivity index (χ0) is 21.4. The third-order valence-electron chi connectivity index (χ3n) is 6.25. The van der Waals surface area contributed by atoms with Crippen LogP contribution in [0.15, 0.2) is 63.4 Å². The molecule has 1 aromatic carbocycles. The van der Waals surface area contributed by atoms with Gasteiger partial charge in [-0.15, -0.1) is 0 Å². The highest BCUT2D eigenvalue weighted by molar-refractivity contribution is 5.93. The summed E-state index contributed by atoms with van der Waals surface area (Å²) in [5, 5.41) is 2.92. The second-order valence-corrected chi connectivity index (χ2v) is 8.72. The first-order chi connectivity index (χ1) is 14.3. The molecule has 3 heterocycles. The lowest BCUT2D eigenvalue weighted by Gasteiger charge is -2.25. The molecule has 2 bridgehead atoms. The number of aromatic amines is 1. The van der Waals surface area contributed by atoms with Crippen molar-refractivity contribution < 1.29 is 13.9 Å². The van der Waals surface area contributed by atoms with Gasteiger partial charge in [0.1, 0.15) is 0 Å². The lowest BCUT2D eigenvalue weighted by atomic mass is 9.78. The van der Waals surface area contributed by atoms with Crippen LogP contribution in [0.3, 0.4) is 0 Å². The van der Waals surface area contributed by atoms with E-state index in [1.54, 1.807) is 18.2 Å². The van der Waals surface area contributed by atoms with Gasteiger partial charge in [0.15, 0.2) is 5.58 Å². The molecule has 2 saturated heterocycles. The number of hydrogen-bond acceptors (Lipinski definition) is 4. The zero-order valence-electron chi connectivity index (χ0n) is 17.5. The van der Waals surface area contributed by atoms with Gasteiger partial charge in [-0.25, -0.2) is 4.79 Å². The van der Waals surface area contributed by atoms with Crippen LogP contribution in [0, 0.1) is 0 Å². The van der Waals surface area contributed by atoms with Gasteiger partial charge >= 0.3 is 5.76 Å². The van der Waals surface area contributed by atoms with Crippen molar-refractivity contribution in [2.75, 3.05) is 5.32 Å². The number of anilines is 1. The fourth-order valence-corrected chi connectivity index (χ4v) is 4.68. The van der Waals surface area contributed by atoms with E-state index in [0.717, 1.165) is 37.7 Å². The highest BCUT2D eigenvalue weighted by Crippen LogP contribution is 2.54. The van der Waals surface area contributed by atoms with Crippen molar-refractivity contribution in [2.24, 2.45) is 0 Å². The smallest absolute Gasteiger partial charge is 0.408 e. The van der Waals surface area contributed by atoms with Crippen LogP contribution < -0.4 is 11.1 Å². The fourth-order valence-electron chi connectivity index (χ4n) is 4.68. The third-order valence-corrected chi connectivity index (χ3v) is 6.25. The first-order valence-electron chi connectivity index (χ1n) is 10.4. The molecule has 1 amide bonds. The van der Waals surface area contributed by atoms with Crippen LogP contribution in [0.5, 0.6) is 0 Å². The molecule has 2 aromatic rings. The Hall–Kier alpha value is -2.86. The largest absolute Gasteiger partial charge is 0.417 e. The molecule has 1 aromatic heterocycles. The van der Waals surface area contributed by atoms with E-state index in [1.807, 2.05) is 13.0 Å². The third kappa shape index (κ3) is 4.19. The van der Waals surface area contributed by atoms with E-state index in [1.165, 1.54) is 5.57 Å². The van der Waals surface area contributed by atoms with Gasteiger partial charge in [-0.3, -0.25) is 9.78 Å². The molecule has 2 fully saturated rings. The van der Waals surface area contributed by atoms with Crippen molar-refractivity contribution in [1.29, 1.82) is 0 Å². The summed E-state index contributed by atoms with van der Waals surface area (Å²) in [4.78, 5) is 26.6. The molecule has 0 aliphatic carbocycles. The zero-order valence-corrected chi connectivity index (χ0v) is 17.5. The van der Waals surface area contributed by atoms with Gasteiger partial charge in [0.2, 0.25) is 5.91 Å². The van der Waals surface area contributed by atoms with Gasteiger partial charge in [-0.1, -0.05) is 36.0 Å². The summed E-state index contributed by atoms with van der Waals surface area (Å²) in [5.74, 6) is -0.588. The number of ether oxygens (including phenoxy) is 1.